The van der Waals surface area contributed by atoms with Gasteiger partial charge in [0, 0.05) is 0 Å². The minimum Gasteiger partial charge on any atom is -0.0619 e. The summed E-state index contributed by atoms with van der Waals surface area (Å²) in [4.78, 5) is 0. The van der Waals surface area contributed by atoms with E-state index >= 15 is 0 Å². The molecule has 2 aliphatic carbocycles. The number of hydrogen-bond acceptors (Lipinski definition) is 0. The van der Waals surface area contributed by atoms with Crippen molar-refractivity contribution in [1.29, 1.82) is 0 Å². The monoisotopic (exact) mass is 878 g/mol. The molecule has 0 radical (unpaired) electrons. The van der Waals surface area contributed by atoms with Gasteiger partial charge in [0.2, 0.25) is 0 Å². The standard InChI is InChI=1S/C69H50/c1-67(2,3)49-36-46-17-15-44-34-48(35-45-16-18-47(37-49)63(46)62(44)45)41-22-27-51-42(33-41)24-30-56-54-28-23-43(38-61(54)69(66(51)56)59-13-9-7-11-52(59)53-12-8-10-14-60(53)69)50-26-19-39-21-31-57-58(68(4,5)6)32-25-40-20-29-55(50)64(39)65(40)57/h7-38H,1-6H3. The molecule has 0 amide bonds. The van der Waals surface area contributed by atoms with Crippen molar-refractivity contribution in [3.05, 3.63) is 228 Å². The molecule has 13 aromatic rings. The predicted molar refractivity (Wildman–Crippen MR) is 296 cm³/mol. The van der Waals surface area contributed by atoms with Crippen LogP contribution in [-0.2, 0) is 16.2 Å². The first-order chi connectivity index (χ1) is 33.4. The Labute approximate surface area is 403 Å². The van der Waals surface area contributed by atoms with Crippen LogP contribution in [0.2, 0.25) is 0 Å². The van der Waals surface area contributed by atoms with E-state index in [-0.39, 0.29) is 10.8 Å². The highest BCUT2D eigenvalue weighted by Gasteiger charge is 2.52. The second kappa shape index (κ2) is 13.2. The van der Waals surface area contributed by atoms with Crippen LogP contribution in [0.4, 0.5) is 0 Å². The Morgan fingerprint density at radius 2 is 0.768 bits per heavy atom. The molecule has 0 fully saturated rings. The summed E-state index contributed by atoms with van der Waals surface area (Å²) in [6.45, 7) is 13.9. The average molecular weight is 879 g/mol. The average Bonchev–Trinajstić information content (AvgIpc) is 3.83. The molecule has 0 saturated carbocycles. The number of hydrogen-bond donors (Lipinski definition) is 0. The zero-order chi connectivity index (χ0) is 46.3. The molecule has 1 spiro atoms. The van der Waals surface area contributed by atoms with E-state index in [2.05, 4.69) is 236 Å². The van der Waals surface area contributed by atoms with Crippen molar-refractivity contribution in [1.82, 2.24) is 0 Å². The van der Waals surface area contributed by atoms with Crippen molar-refractivity contribution < 1.29 is 0 Å². The largest absolute Gasteiger partial charge is 0.0731 e. The van der Waals surface area contributed by atoms with Crippen LogP contribution in [0.1, 0.15) is 74.9 Å². The maximum Gasteiger partial charge on any atom is 0.0731 e. The molecule has 2 aliphatic rings. The summed E-state index contributed by atoms with van der Waals surface area (Å²) in [5.74, 6) is 0. The fourth-order valence-electron chi connectivity index (χ4n) is 13.5. The predicted octanol–water partition coefficient (Wildman–Crippen LogP) is 18.9. The number of rotatable bonds is 2. The van der Waals surface area contributed by atoms with Crippen LogP contribution in [0.15, 0.2) is 194 Å². The Kier molecular flexibility index (Phi) is 7.53. The molecule has 0 nitrogen and oxygen atoms in total. The summed E-state index contributed by atoms with van der Waals surface area (Å²) in [5, 5.41) is 18.6. The van der Waals surface area contributed by atoms with Gasteiger partial charge < -0.3 is 0 Å². The number of fused-ring (bicyclic) bond motifs is 12. The molecule has 0 saturated heterocycles. The summed E-state index contributed by atoms with van der Waals surface area (Å²) in [7, 11) is 0. The molecule has 0 N–H and O–H groups in total. The maximum absolute atomic E-state index is 2.56. The van der Waals surface area contributed by atoms with Gasteiger partial charge in [0.15, 0.2) is 0 Å². The summed E-state index contributed by atoms with van der Waals surface area (Å²) >= 11 is 0. The molecule has 0 heterocycles. The van der Waals surface area contributed by atoms with Gasteiger partial charge in [0.25, 0.3) is 0 Å². The van der Waals surface area contributed by atoms with E-state index in [9.17, 15) is 0 Å². The zero-order valence-corrected chi connectivity index (χ0v) is 40.0. The second-order valence-corrected chi connectivity index (χ2v) is 22.4. The molecule has 0 aromatic heterocycles. The molecule has 0 atom stereocenters. The van der Waals surface area contributed by atoms with Gasteiger partial charge in [-0.3, -0.25) is 0 Å². The molecule has 0 aliphatic heterocycles. The lowest BCUT2D eigenvalue weighted by Crippen LogP contribution is -2.26. The third kappa shape index (κ3) is 5.14. The molecule has 13 aromatic carbocycles. The maximum atomic E-state index is 2.56. The highest BCUT2D eigenvalue weighted by Crippen LogP contribution is 2.64. The van der Waals surface area contributed by atoms with Gasteiger partial charge >= 0.3 is 0 Å². The molecule has 326 valence electrons. The van der Waals surface area contributed by atoms with E-state index in [0.29, 0.717) is 0 Å². The van der Waals surface area contributed by atoms with Crippen LogP contribution in [0.3, 0.4) is 0 Å². The third-order valence-corrected chi connectivity index (χ3v) is 16.6. The minimum absolute atomic E-state index is 0.0372. The Morgan fingerprint density at radius 3 is 1.42 bits per heavy atom. The first kappa shape index (κ1) is 39.2. The Hall–Kier alpha value is -7.80. The SMILES string of the molecule is CC(C)(C)c1cc2ccc3cc(-c4ccc5c6c(ccc5c4)-c4ccc(-c5ccc7ccc8c(C(C)(C)C)ccc9ccc5c7c98)cc4C64c5ccccc5-c5ccccc54)cc4ccc(c1)c2c34. The first-order valence-corrected chi connectivity index (χ1v) is 24.8. The Balaban J connectivity index is 0.940. The Morgan fingerprint density at radius 1 is 0.290 bits per heavy atom. The van der Waals surface area contributed by atoms with Crippen molar-refractivity contribution in [2.24, 2.45) is 0 Å². The topological polar surface area (TPSA) is 0 Å². The lowest BCUT2D eigenvalue weighted by Gasteiger charge is -2.32. The summed E-state index contributed by atoms with van der Waals surface area (Å²) in [6, 6.07) is 75.7. The number of benzene rings is 13. The molecule has 0 heteroatoms. The van der Waals surface area contributed by atoms with Crippen molar-refractivity contribution in [2.45, 2.75) is 57.8 Å². The highest BCUT2D eigenvalue weighted by molar-refractivity contribution is 6.27. The van der Waals surface area contributed by atoms with Crippen LogP contribution in [0.5, 0.6) is 0 Å². The lowest BCUT2D eigenvalue weighted by molar-refractivity contribution is 0.591. The van der Waals surface area contributed by atoms with Gasteiger partial charge in [0.05, 0.1) is 5.41 Å². The second-order valence-electron chi connectivity index (χ2n) is 22.4. The van der Waals surface area contributed by atoms with Gasteiger partial charge in [0.1, 0.15) is 0 Å². The van der Waals surface area contributed by atoms with Crippen LogP contribution in [0, 0.1) is 0 Å². The van der Waals surface area contributed by atoms with Gasteiger partial charge in [-0.15, -0.1) is 0 Å². The molecular formula is C69H50. The van der Waals surface area contributed by atoms with E-state index in [4.69, 9.17) is 0 Å². The molecular weight excluding hydrogens is 829 g/mol. The smallest absolute Gasteiger partial charge is 0.0619 e. The van der Waals surface area contributed by atoms with Crippen LogP contribution in [-0.4, -0.2) is 0 Å². The van der Waals surface area contributed by atoms with E-state index in [1.54, 1.807) is 0 Å². The molecule has 0 unspecified atom stereocenters. The van der Waals surface area contributed by atoms with Crippen molar-refractivity contribution >= 4 is 75.4 Å². The van der Waals surface area contributed by atoms with Gasteiger partial charge in [-0.2, -0.15) is 0 Å². The van der Waals surface area contributed by atoms with Gasteiger partial charge in [-0.05, 0) is 188 Å². The normalized spacial score (nSPS) is 14.1. The fraction of sp³-hybridized carbons (Fsp3) is 0.130. The molecule has 69 heavy (non-hydrogen) atoms. The van der Waals surface area contributed by atoms with Gasteiger partial charge in [-0.1, -0.05) is 211 Å². The summed E-state index contributed by atoms with van der Waals surface area (Å²) in [5.41, 5.74) is 18.2. The third-order valence-electron chi connectivity index (χ3n) is 16.6. The molecule has 0 bridgehead atoms. The fourth-order valence-corrected chi connectivity index (χ4v) is 13.5. The Bertz CT molecular complexity index is 4260. The molecule has 15 rings (SSSR count). The van der Waals surface area contributed by atoms with Crippen LogP contribution in [0.25, 0.3) is 120 Å². The van der Waals surface area contributed by atoms with Crippen molar-refractivity contribution in [3.8, 4) is 44.5 Å². The zero-order valence-electron chi connectivity index (χ0n) is 40.0. The van der Waals surface area contributed by atoms with E-state index in [1.807, 2.05) is 0 Å². The van der Waals surface area contributed by atoms with Gasteiger partial charge in [-0.25, -0.2) is 0 Å². The quantitative estimate of drug-likeness (QED) is 0.152. The van der Waals surface area contributed by atoms with Crippen molar-refractivity contribution in [2.75, 3.05) is 0 Å². The van der Waals surface area contributed by atoms with Crippen LogP contribution < -0.4 is 0 Å². The minimum atomic E-state index is -0.496. The lowest BCUT2D eigenvalue weighted by atomic mass is 9.69. The first-order valence-electron chi connectivity index (χ1n) is 24.8. The van der Waals surface area contributed by atoms with E-state index in [0.717, 1.165) is 0 Å². The summed E-state index contributed by atoms with van der Waals surface area (Å²) < 4.78 is 0. The summed E-state index contributed by atoms with van der Waals surface area (Å²) in [6.07, 6.45) is 0. The highest BCUT2D eigenvalue weighted by atomic mass is 14.5. The van der Waals surface area contributed by atoms with E-state index < -0.39 is 5.41 Å². The van der Waals surface area contributed by atoms with E-state index in [1.165, 1.54) is 153 Å². The van der Waals surface area contributed by atoms with Crippen molar-refractivity contribution in [3.63, 3.8) is 0 Å². The van der Waals surface area contributed by atoms with Crippen LogP contribution >= 0.6 is 0 Å².